The van der Waals surface area contributed by atoms with Crippen LogP contribution >= 0.6 is 22.6 Å². The molecule has 1 saturated heterocycles. The number of nitrogens with one attached hydrogen (secondary N) is 1. The van der Waals surface area contributed by atoms with Gasteiger partial charge in [0, 0.05) is 0 Å². The summed E-state index contributed by atoms with van der Waals surface area (Å²) in [6.45, 7) is 16.9. The van der Waals surface area contributed by atoms with Crippen molar-refractivity contribution in [2.24, 2.45) is 11.3 Å². The third-order valence-corrected chi connectivity index (χ3v) is 8.85. The zero-order valence-electron chi connectivity index (χ0n) is 24.2. The van der Waals surface area contributed by atoms with Crippen LogP contribution in [0.1, 0.15) is 86.6 Å². The van der Waals surface area contributed by atoms with E-state index in [-0.39, 0.29) is 19.3 Å². The van der Waals surface area contributed by atoms with E-state index in [0.717, 1.165) is 44.4 Å². The number of carbonyl (C=O) groups is 1. The average molecular weight is 638 g/mol. The molecule has 2 aromatic rings. The van der Waals surface area contributed by atoms with Gasteiger partial charge in [-0.3, -0.25) is 0 Å². The van der Waals surface area contributed by atoms with Gasteiger partial charge in [0.2, 0.25) is 0 Å². The van der Waals surface area contributed by atoms with E-state index >= 15 is 0 Å². The molecule has 1 amide bonds. The molecule has 2 aliphatic rings. The molecule has 1 N–H and O–H groups in total. The molecule has 2 fully saturated rings. The molecule has 7 heteroatoms. The predicted octanol–water partition coefficient (Wildman–Crippen LogP) is 7.93. The van der Waals surface area contributed by atoms with Crippen LogP contribution in [0.25, 0.3) is 10.8 Å². The van der Waals surface area contributed by atoms with Gasteiger partial charge in [0.1, 0.15) is 16.9 Å². The maximum absolute atomic E-state index is 12.8. The SMILES string of the molecule is CC(C)(C)OC(=O)NC1(c2ccc3c(I)c(OC4CCC(C(C)(C)C)CC4)ccc3c2)COC(C)(C)OC1. The van der Waals surface area contributed by atoms with Gasteiger partial charge < -0.3 is 24.3 Å². The smallest absolute Gasteiger partial charge is 0.408 e. The Bertz CT molecular complexity index is 1150. The highest BCUT2D eigenvalue weighted by Gasteiger charge is 2.44. The topological polar surface area (TPSA) is 66.0 Å². The molecule has 4 rings (SSSR count). The van der Waals surface area contributed by atoms with Gasteiger partial charge in [-0.2, -0.15) is 0 Å². The molecule has 38 heavy (non-hydrogen) atoms. The number of amides is 1. The monoisotopic (exact) mass is 637 g/mol. The minimum absolute atomic E-state index is 0.264. The van der Waals surface area contributed by atoms with Gasteiger partial charge in [-0.1, -0.05) is 39.0 Å². The number of rotatable bonds is 4. The lowest BCUT2D eigenvalue weighted by atomic mass is 9.72. The lowest BCUT2D eigenvalue weighted by Gasteiger charge is -2.44. The second-order valence-corrected chi connectivity index (χ2v) is 14.5. The van der Waals surface area contributed by atoms with Crippen molar-refractivity contribution in [2.75, 3.05) is 13.2 Å². The first-order valence-electron chi connectivity index (χ1n) is 13.8. The number of alkyl carbamates (subject to hydrolysis) is 1. The quantitative estimate of drug-likeness (QED) is 0.345. The molecule has 1 saturated carbocycles. The zero-order chi connectivity index (χ0) is 27.9. The highest BCUT2D eigenvalue weighted by molar-refractivity contribution is 14.1. The molecule has 1 heterocycles. The summed E-state index contributed by atoms with van der Waals surface area (Å²) in [5, 5.41) is 5.26. The molecule has 0 aromatic heterocycles. The van der Waals surface area contributed by atoms with E-state index in [0.29, 0.717) is 5.41 Å². The van der Waals surface area contributed by atoms with E-state index in [1.54, 1.807) is 0 Å². The van der Waals surface area contributed by atoms with Gasteiger partial charge in [-0.05, 0) is 123 Å². The van der Waals surface area contributed by atoms with Crippen molar-refractivity contribution in [1.82, 2.24) is 5.32 Å². The van der Waals surface area contributed by atoms with E-state index in [2.05, 4.69) is 72.9 Å². The Hall–Kier alpha value is -1.58. The zero-order valence-corrected chi connectivity index (χ0v) is 26.4. The van der Waals surface area contributed by atoms with Crippen molar-refractivity contribution in [2.45, 2.75) is 104 Å². The van der Waals surface area contributed by atoms with Gasteiger partial charge in [-0.15, -0.1) is 0 Å². The van der Waals surface area contributed by atoms with Crippen LogP contribution in [0.2, 0.25) is 0 Å². The van der Waals surface area contributed by atoms with Gasteiger partial charge in [0.25, 0.3) is 0 Å². The Balaban J connectivity index is 1.56. The summed E-state index contributed by atoms with van der Waals surface area (Å²) in [6.07, 6.45) is 4.41. The van der Waals surface area contributed by atoms with Crippen molar-refractivity contribution in [1.29, 1.82) is 0 Å². The molecule has 0 spiro atoms. The number of ether oxygens (including phenoxy) is 4. The van der Waals surface area contributed by atoms with Crippen LogP contribution < -0.4 is 10.1 Å². The Morgan fingerprint density at radius 3 is 2.18 bits per heavy atom. The van der Waals surface area contributed by atoms with Gasteiger partial charge in [0.15, 0.2) is 5.79 Å². The number of benzene rings is 2. The normalized spacial score (nSPS) is 23.6. The van der Waals surface area contributed by atoms with Gasteiger partial charge >= 0.3 is 6.09 Å². The first-order chi connectivity index (χ1) is 17.6. The molecule has 2 aromatic carbocycles. The minimum atomic E-state index is -0.863. The molecule has 6 nitrogen and oxygen atoms in total. The fourth-order valence-electron chi connectivity index (χ4n) is 5.37. The van der Waals surface area contributed by atoms with Crippen LogP contribution in [0.3, 0.4) is 0 Å². The maximum Gasteiger partial charge on any atom is 0.408 e. The lowest BCUT2D eigenvalue weighted by Crippen LogP contribution is -2.59. The Morgan fingerprint density at radius 2 is 1.61 bits per heavy atom. The van der Waals surface area contributed by atoms with Crippen molar-refractivity contribution in [3.8, 4) is 5.75 Å². The van der Waals surface area contributed by atoms with Crippen LogP contribution in [-0.4, -0.2) is 36.8 Å². The molecular weight excluding hydrogens is 593 g/mol. The third kappa shape index (κ3) is 6.94. The number of halogens is 1. The lowest BCUT2D eigenvalue weighted by molar-refractivity contribution is -0.272. The predicted molar refractivity (Wildman–Crippen MR) is 160 cm³/mol. The number of hydrogen-bond donors (Lipinski definition) is 1. The van der Waals surface area contributed by atoms with Crippen LogP contribution in [0.15, 0.2) is 30.3 Å². The summed E-state index contributed by atoms with van der Waals surface area (Å²) >= 11 is 2.40. The summed E-state index contributed by atoms with van der Waals surface area (Å²) < 4.78 is 25.3. The summed E-state index contributed by atoms with van der Waals surface area (Å²) in [5.74, 6) is 0.984. The number of fused-ring (bicyclic) bond motifs is 1. The molecule has 0 unspecified atom stereocenters. The number of hydrogen-bond acceptors (Lipinski definition) is 5. The molecule has 1 aliphatic heterocycles. The minimum Gasteiger partial charge on any atom is -0.489 e. The van der Waals surface area contributed by atoms with E-state index in [4.69, 9.17) is 18.9 Å². The van der Waals surface area contributed by atoms with E-state index < -0.39 is 23.0 Å². The van der Waals surface area contributed by atoms with Crippen LogP contribution in [0.5, 0.6) is 5.75 Å². The van der Waals surface area contributed by atoms with Crippen molar-refractivity contribution in [3.63, 3.8) is 0 Å². The average Bonchev–Trinajstić information content (AvgIpc) is 2.81. The highest BCUT2D eigenvalue weighted by atomic mass is 127. The Kier molecular flexibility index (Phi) is 8.33. The van der Waals surface area contributed by atoms with E-state index in [9.17, 15) is 4.79 Å². The molecule has 0 radical (unpaired) electrons. The summed E-state index contributed by atoms with van der Waals surface area (Å²) in [7, 11) is 0. The molecule has 1 aliphatic carbocycles. The second kappa shape index (κ2) is 10.8. The van der Waals surface area contributed by atoms with Gasteiger partial charge in [-0.25, -0.2) is 4.79 Å². The number of carbonyl (C=O) groups excluding carboxylic acids is 1. The molecule has 0 atom stereocenters. The summed E-state index contributed by atoms with van der Waals surface area (Å²) in [5.41, 5.74) is -0.197. The second-order valence-electron chi connectivity index (χ2n) is 13.5. The Labute approximate surface area is 241 Å². The fraction of sp³-hybridized carbons (Fsp3) is 0.645. The molecular formula is C31H44INO5. The summed E-state index contributed by atoms with van der Waals surface area (Å²) in [6, 6.07) is 10.4. The van der Waals surface area contributed by atoms with E-state index in [1.165, 1.54) is 12.8 Å². The fourth-order valence-corrected chi connectivity index (χ4v) is 6.17. The molecule has 210 valence electrons. The largest absolute Gasteiger partial charge is 0.489 e. The molecule has 0 bridgehead atoms. The van der Waals surface area contributed by atoms with Crippen LogP contribution in [0, 0.1) is 14.9 Å². The summed E-state index contributed by atoms with van der Waals surface area (Å²) in [4.78, 5) is 12.8. The third-order valence-electron chi connectivity index (χ3n) is 7.74. The Morgan fingerprint density at radius 1 is 0.974 bits per heavy atom. The first kappa shape index (κ1) is 29.4. The van der Waals surface area contributed by atoms with E-state index in [1.807, 2.05) is 40.7 Å². The van der Waals surface area contributed by atoms with Crippen molar-refractivity contribution >= 4 is 39.5 Å². The van der Waals surface area contributed by atoms with Gasteiger partial charge in [0.05, 0.1) is 22.9 Å². The van der Waals surface area contributed by atoms with Crippen molar-refractivity contribution < 1.29 is 23.7 Å². The maximum atomic E-state index is 12.8. The van der Waals surface area contributed by atoms with Crippen LogP contribution in [-0.2, 0) is 19.7 Å². The standard InChI is InChI=1S/C31H44INO5/c1-28(2,3)21-10-13-23(14-11-21)37-25-16-9-20-17-22(12-15-24(20)26(25)32)31(18-35-30(7,8)36-19-31)33-27(34)38-29(4,5)6/h9,12,15-17,21,23H,10-11,13-14,18-19H2,1-8H3,(H,33,34). The van der Waals surface area contributed by atoms with Crippen LogP contribution in [0.4, 0.5) is 4.79 Å². The highest BCUT2D eigenvalue weighted by Crippen LogP contribution is 2.40. The van der Waals surface area contributed by atoms with Crippen molar-refractivity contribution in [3.05, 3.63) is 39.5 Å². The first-order valence-corrected chi connectivity index (χ1v) is 14.8.